The molecule has 0 aliphatic rings. The molecule has 2 aromatic heterocycles. The van der Waals surface area contributed by atoms with Crippen LogP contribution >= 0.6 is 0 Å². The summed E-state index contributed by atoms with van der Waals surface area (Å²) >= 11 is 0. The number of carbonyl (C=O) groups excluding carboxylic acids is 1. The Morgan fingerprint density at radius 3 is 3.08 bits per heavy atom. The highest BCUT2D eigenvalue weighted by Gasteiger charge is 1.98. The van der Waals surface area contributed by atoms with Crippen molar-refractivity contribution in [2.75, 3.05) is 5.73 Å². The molecule has 2 heterocycles. The number of anilines is 1. The molecule has 0 aliphatic heterocycles. The van der Waals surface area contributed by atoms with Crippen LogP contribution in [-0.2, 0) is 0 Å². The van der Waals surface area contributed by atoms with Gasteiger partial charge in [0.2, 0.25) is 0 Å². The van der Waals surface area contributed by atoms with Crippen LogP contribution in [0.3, 0.4) is 0 Å². The number of nitrogens with zero attached hydrogens (tertiary/aromatic N) is 2. The number of carbonyl (C=O) groups is 1. The second-order valence-corrected chi connectivity index (χ2v) is 2.49. The molecule has 0 saturated carbocycles. The number of aromatic nitrogens is 2. The van der Waals surface area contributed by atoms with Gasteiger partial charge in [-0.1, -0.05) is 0 Å². The molecular formula is C8H7N3O. The third-order valence-corrected chi connectivity index (χ3v) is 1.69. The summed E-state index contributed by atoms with van der Waals surface area (Å²) in [6.07, 6.45) is 3.99. The summed E-state index contributed by atoms with van der Waals surface area (Å²) in [5.74, 6) is 0.536. The second kappa shape index (κ2) is 2.34. The van der Waals surface area contributed by atoms with Gasteiger partial charge in [-0.3, -0.25) is 9.20 Å². The van der Waals surface area contributed by atoms with E-state index in [0.29, 0.717) is 11.4 Å². The molecule has 2 aromatic rings. The van der Waals surface area contributed by atoms with E-state index in [1.165, 1.54) is 0 Å². The fourth-order valence-corrected chi connectivity index (χ4v) is 1.09. The number of hydrogen-bond acceptors (Lipinski definition) is 3. The van der Waals surface area contributed by atoms with Crippen molar-refractivity contribution in [1.29, 1.82) is 0 Å². The van der Waals surface area contributed by atoms with Gasteiger partial charge in [-0.05, 0) is 12.1 Å². The van der Waals surface area contributed by atoms with E-state index >= 15 is 0 Å². The highest BCUT2D eigenvalue weighted by atomic mass is 16.1. The zero-order valence-corrected chi connectivity index (χ0v) is 6.27. The normalized spacial score (nSPS) is 10.3. The quantitative estimate of drug-likeness (QED) is 0.627. The molecule has 4 heteroatoms. The molecular weight excluding hydrogens is 154 g/mol. The Labute approximate surface area is 68.6 Å². The number of imidazole rings is 1. The van der Waals surface area contributed by atoms with E-state index < -0.39 is 0 Å². The molecule has 0 fully saturated rings. The van der Waals surface area contributed by atoms with Crippen molar-refractivity contribution in [1.82, 2.24) is 9.38 Å². The number of aldehydes is 1. The maximum atomic E-state index is 10.4. The lowest BCUT2D eigenvalue weighted by Gasteiger charge is -1.95. The summed E-state index contributed by atoms with van der Waals surface area (Å²) in [7, 11) is 0. The molecule has 0 spiro atoms. The van der Waals surface area contributed by atoms with Gasteiger partial charge in [-0.25, -0.2) is 4.98 Å². The highest BCUT2D eigenvalue weighted by Crippen LogP contribution is 2.08. The van der Waals surface area contributed by atoms with Gasteiger partial charge in [-0.2, -0.15) is 0 Å². The molecule has 0 aliphatic carbocycles. The van der Waals surface area contributed by atoms with Gasteiger partial charge >= 0.3 is 0 Å². The average molecular weight is 161 g/mol. The first-order valence-electron chi connectivity index (χ1n) is 3.49. The first-order valence-corrected chi connectivity index (χ1v) is 3.49. The summed E-state index contributed by atoms with van der Waals surface area (Å²) in [5, 5.41) is 0. The van der Waals surface area contributed by atoms with E-state index in [-0.39, 0.29) is 0 Å². The molecule has 0 amide bonds. The number of fused-ring (bicyclic) bond motifs is 1. The van der Waals surface area contributed by atoms with E-state index in [4.69, 9.17) is 5.73 Å². The molecule has 0 atom stereocenters. The van der Waals surface area contributed by atoms with Crippen LogP contribution in [0.25, 0.3) is 5.65 Å². The van der Waals surface area contributed by atoms with Crippen LogP contribution < -0.4 is 5.73 Å². The predicted octanol–water partition coefficient (Wildman–Crippen LogP) is 0.729. The van der Waals surface area contributed by atoms with Crippen molar-refractivity contribution in [3.05, 3.63) is 30.1 Å². The lowest BCUT2D eigenvalue weighted by molar-refractivity contribution is 0.112. The second-order valence-electron chi connectivity index (χ2n) is 2.49. The molecule has 2 rings (SSSR count). The summed E-state index contributed by atoms with van der Waals surface area (Å²) in [5.41, 5.74) is 6.92. The van der Waals surface area contributed by atoms with Gasteiger partial charge in [0, 0.05) is 11.8 Å². The zero-order valence-electron chi connectivity index (χ0n) is 6.27. The Morgan fingerprint density at radius 2 is 2.33 bits per heavy atom. The van der Waals surface area contributed by atoms with Crippen LogP contribution in [0.15, 0.2) is 24.5 Å². The molecule has 60 valence electrons. The van der Waals surface area contributed by atoms with Crippen LogP contribution in [0, 0.1) is 0 Å². The standard InChI is InChI=1S/C8H7N3O/c9-7-3-10-8-2-1-6(5-12)4-11(7)8/h1-5H,9H2. The predicted molar refractivity (Wildman–Crippen MR) is 45.0 cm³/mol. The SMILES string of the molecule is Nc1cnc2ccc(C=O)cn12. The largest absolute Gasteiger partial charge is 0.383 e. The summed E-state index contributed by atoms with van der Waals surface area (Å²) in [6.45, 7) is 0. The van der Waals surface area contributed by atoms with Gasteiger partial charge in [0.15, 0.2) is 6.29 Å². The first kappa shape index (κ1) is 6.84. The lowest BCUT2D eigenvalue weighted by atomic mass is 10.3. The van der Waals surface area contributed by atoms with Crippen LogP contribution in [0.4, 0.5) is 5.82 Å². The van der Waals surface area contributed by atoms with Crippen molar-refractivity contribution < 1.29 is 4.79 Å². The molecule has 0 bridgehead atoms. The Hall–Kier alpha value is -1.84. The Balaban J connectivity index is 2.79. The molecule has 0 saturated heterocycles. The minimum absolute atomic E-state index is 0.536. The fourth-order valence-electron chi connectivity index (χ4n) is 1.09. The first-order chi connectivity index (χ1) is 5.81. The van der Waals surface area contributed by atoms with E-state index in [1.807, 2.05) is 0 Å². The molecule has 0 radical (unpaired) electrons. The molecule has 12 heavy (non-hydrogen) atoms. The molecule has 0 aromatic carbocycles. The smallest absolute Gasteiger partial charge is 0.151 e. The third-order valence-electron chi connectivity index (χ3n) is 1.69. The topological polar surface area (TPSA) is 60.4 Å². The molecule has 2 N–H and O–H groups in total. The lowest BCUT2D eigenvalue weighted by Crippen LogP contribution is -1.93. The van der Waals surface area contributed by atoms with Crippen LogP contribution in [0.2, 0.25) is 0 Å². The Morgan fingerprint density at radius 1 is 1.50 bits per heavy atom. The maximum absolute atomic E-state index is 10.4. The van der Waals surface area contributed by atoms with Crippen LogP contribution in [0.1, 0.15) is 10.4 Å². The van der Waals surface area contributed by atoms with Crippen molar-refractivity contribution >= 4 is 17.8 Å². The highest BCUT2D eigenvalue weighted by molar-refractivity contribution is 5.75. The number of pyridine rings is 1. The maximum Gasteiger partial charge on any atom is 0.151 e. The zero-order chi connectivity index (χ0) is 8.55. The van der Waals surface area contributed by atoms with Crippen LogP contribution in [-0.4, -0.2) is 15.7 Å². The third kappa shape index (κ3) is 0.852. The van der Waals surface area contributed by atoms with Gasteiger partial charge in [0.1, 0.15) is 11.5 Å². The number of rotatable bonds is 1. The Kier molecular flexibility index (Phi) is 1.33. The molecule has 4 nitrogen and oxygen atoms in total. The number of nitrogen functional groups attached to an aromatic ring is 1. The van der Waals surface area contributed by atoms with Crippen LogP contribution in [0.5, 0.6) is 0 Å². The van der Waals surface area contributed by atoms with Gasteiger partial charge in [0.25, 0.3) is 0 Å². The van der Waals surface area contributed by atoms with Gasteiger partial charge in [0.05, 0.1) is 6.20 Å². The summed E-state index contributed by atoms with van der Waals surface area (Å²) in [4.78, 5) is 14.4. The van der Waals surface area contributed by atoms with Crippen molar-refractivity contribution in [3.63, 3.8) is 0 Å². The minimum atomic E-state index is 0.536. The number of nitrogens with two attached hydrogens (primary N) is 1. The summed E-state index contributed by atoms with van der Waals surface area (Å²) < 4.78 is 1.67. The van der Waals surface area contributed by atoms with E-state index in [2.05, 4.69) is 4.98 Å². The number of hydrogen-bond donors (Lipinski definition) is 1. The monoisotopic (exact) mass is 161 g/mol. The average Bonchev–Trinajstić information content (AvgIpc) is 2.47. The minimum Gasteiger partial charge on any atom is -0.383 e. The van der Waals surface area contributed by atoms with E-state index in [1.54, 1.807) is 28.9 Å². The fraction of sp³-hybridized carbons (Fsp3) is 0. The Bertz CT molecular complexity index is 433. The van der Waals surface area contributed by atoms with Crippen molar-refractivity contribution in [2.24, 2.45) is 0 Å². The van der Waals surface area contributed by atoms with Gasteiger partial charge in [-0.15, -0.1) is 0 Å². The van der Waals surface area contributed by atoms with Crippen molar-refractivity contribution in [2.45, 2.75) is 0 Å². The van der Waals surface area contributed by atoms with E-state index in [9.17, 15) is 4.79 Å². The summed E-state index contributed by atoms with van der Waals surface area (Å²) in [6, 6.07) is 3.45. The van der Waals surface area contributed by atoms with Crippen molar-refractivity contribution in [3.8, 4) is 0 Å². The van der Waals surface area contributed by atoms with E-state index in [0.717, 1.165) is 11.9 Å². The van der Waals surface area contributed by atoms with Gasteiger partial charge < -0.3 is 5.73 Å². The molecule has 0 unspecified atom stereocenters.